The van der Waals surface area contributed by atoms with Crippen molar-refractivity contribution in [2.75, 3.05) is 7.11 Å². The Hall–Kier alpha value is -1.56. The maximum absolute atomic E-state index is 13.5. The van der Waals surface area contributed by atoms with E-state index in [4.69, 9.17) is 0 Å². The van der Waals surface area contributed by atoms with Crippen molar-refractivity contribution in [2.24, 2.45) is 11.3 Å². The Morgan fingerprint density at radius 3 is 2.39 bits per heavy atom. The number of benzene rings is 1. The second kappa shape index (κ2) is 5.51. The van der Waals surface area contributed by atoms with E-state index < -0.39 is 11.7 Å². The molecule has 0 aromatic heterocycles. The molecular weight excluding hydrogens is 307 g/mol. The number of rotatable bonds is 4. The first-order valence-electron chi connectivity index (χ1n) is 7.73. The van der Waals surface area contributed by atoms with Gasteiger partial charge in [0.2, 0.25) is 0 Å². The van der Waals surface area contributed by atoms with Crippen LogP contribution in [0.3, 0.4) is 0 Å². The lowest BCUT2D eigenvalue weighted by Crippen LogP contribution is -2.71. The van der Waals surface area contributed by atoms with Gasteiger partial charge in [-0.05, 0) is 36.7 Å². The molecule has 0 radical (unpaired) electrons. The SMILES string of the molecule is COC(=O)C1CC2(C1)CC(NCc1ccccc1)(C(F)(F)F)C2. The zero-order valence-corrected chi connectivity index (χ0v) is 13.0. The Morgan fingerprint density at radius 1 is 1.26 bits per heavy atom. The average molecular weight is 327 g/mol. The van der Waals surface area contributed by atoms with E-state index in [2.05, 4.69) is 10.1 Å². The van der Waals surface area contributed by atoms with Crippen molar-refractivity contribution in [1.82, 2.24) is 5.32 Å². The van der Waals surface area contributed by atoms with Crippen molar-refractivity contribution >= 4 is 5.97 Å². The molecule has 3 rings (SSSR count). The fourth-order valence-electron chi connectivity index (χ4n) is 4.13. The minimum absolute atomic E-state index is 0.0455. The van der Waals surface area contributed by atoms with Gasteiger partial charge in [-0.1, -0.05) is 30.3 Å². The van der Waals surface area contributed by atoms with E-state index in [0.29, 0.717) is 12.8 Å². The van der Waals surface area contributed by atoms with Gasteiger partial charge in [-0.2, -0.15) is 13.2 Å². The summed E-state index contributed by atoms with van der Waals surface area (Å²) in [5.41, 5.74) is -1.35. The number of carbonyl (C=O) groups is 1. The lowest BCUT2D eigenvalue weighted by Gasteiger charge is -2.63. The van der Waals surface area contributed by atoms with Crippen molar-refractivity contribution in [3.63, 3.8) is 0 Å². The van der Waals surface area contributed by atoms with E-state index in [1.807, 2.05) is 30.3 Å². The van der Waals surface area contributed by atoms with Crippen LogP contribution in [0.1, 0.15) is 31.2 Å². The van der Waals surface area contributed by atoms with Gasteiger partial charge < -0.3 is 4.74 Å². The van der Waals surface area contributed by atoms with Crippen LogP contribution in [0.2, 0.25) is 0 Å². The van der Waals surface area contributed by atoms with E-state index in [1.54, 1.807) is 0 Å². The molecule has 0 unspecified atom stereocenters. The molecule has 6 heteroatoms. The molecule has 3 nitrogen and oxygen atoms in total. The van der Waals surface area contributed by atoms with Crippen LogP contribution in [0.4, 0.5) is 13.2 Å². The molecule has 2 fully saturated rings. The molecule has 23 heavy (non-hydrogen) atoms. The number of methoxy groups -OCH3 is 1. The molecule has 1 aromatic rings. The van der Waals surface area contributed by atoms with Gasteiger partial charge >= 0.3 is 12.1 Å². The molecule has 0 atom stereocenters. The van der Waals surface area contributed by atoms with Crippen LogP contribution >= 0.6 is 0 Å². The van der Waals surface area contributed by atoms with Crippen molar-refractivity contribution in [3.05, 3.63) is 35.9 Å². The standard InChI is InChI=1S/C17H20F3NO2/c1-23-14(22)13-7-15(8-13)10-16(11-15,17(18,19)20)21-9-12-5-3-2-4-6-12/h2-6,13,21H,7-11H2,1H3. The van der Waals surface area contributed by atoms with E-state index >= 15 is 0 Å². The number of esters is 1. The fraction of sp³-hybridized carbons (Fsp3) is 0.588. The molecule has 2 aliphatic carbocycles. The lowest BCUT2D eigenvalue weighted by atomic mass is 9.45. The van der Waals surface area contributed by atoms with Gasteiger partial charge in [0.15, 0.2) is 0 Å². The number of carbonyl (C=O) groups excluding carboxylic acids is 1. The molecule has 1 aromatic carbocycles. The summed E-state index contributed by atoms with van der Waals surface area (Å²) in [5.74, 6) is -0.544. The summed E-state index contributed by atoms with van der Waals surface area (Å²) in [7, 11) is 1.32. The highest BCUT2D eigenvalue weighted by Gasteiger charge is 2.70. The van der Waals surface area contributed by atoms with Gasteiger partial charge in [0.25, 0.3) is 0 Å². The molecule has 0 aliphatic heterocycles. The molecule has 126 valence electrons. The molecule has 2 aliphatic rings. The molecule has 0 amide bonds. The van der Waals surface area contributed by atoms with Crippen LogP contribution in [0.15, 0.2) is 30.3 Å². The van der Waals surface area contributed by atoms with Gasteiger partial charge in [-0.15, -0.1) is 0 Å². The van der Waals surface area contributed by atoms with Gasteiger partial charge in [0, 0.05) is 6.54 Å². The van der Waals surface area contributed by atoms with E-state index in [9.17, 15) is 18.0 Å². The second-order valence-corrected chi connectivity index (χ2v) is 6.90. The van der Waals surface area contributed by atoms with Crippen molar-refractivity contribution in [3.8, 4) is 0 Å². The minimum atomic E-state index is -4.29. The van der Waals surface area contributed by atoms with Gasteiger partial charge in [0.1, 0.15) is 5.54 Å². The first-order valence-corrected chi connectivity index (χ1v) is 7.73. The van der Waals surface area contributed by atoms with Crippen molar-refractivity contribution < 1.29 is 22.7 Å². The summed E-state index contributed by atoms with van der Waals surface area (Å²) < 4.78 is 45.3. The third-order valence-corrected chi connectivity index (χ3v) is 5.26. The van der Waals surface area contributed by atoms with Crippen molar-refractivity contribution in [2.45, 2.75) is 43.9 Å². The molecule has 1 spiro atoms. The van der Waals surface area contributed by atoms with E-state index in [1.165, 1.54) is 7.11 Å². The Balaban J connectivity index is 1.62. The summed E-state index contributed by atoms with van der Waals surface area (Å²) in [5, 5.41) is 2.73. The third-order valence-electron chi connectivity index (χ3n) is 5.26. The number of hydrogen-bond donors (Lipinski definition) is 1. The second-order valence-electron chi connectivity index (χ2n) is 6.90. The first kappa shape index (κ1) is 16.3. The molecule has 1 N–H and O–H groups in total. The summed E-state index contributed by atoms with van der Waals surface area (Å²) in [6.07, 6.45) is -3.19. The van der Waals surface area contributed by atoms with Gasteiger partial charge in [-0.3, -0.25) is 10.1 Å². The Bertz CT molecular complexity index is 571. The highest BCUT2D eigenvalue weighted by atomic mass is 19.4. The quantitative estimate of drug-likeness (QED) is 0.861. The largest absolute Gasteiger partial charge is 0.469 e. The number of halogens is 3. The van der Waals surface area contributed by atoms with Crippen LogP contribution in [0, 0.1) is 11.3 Å². The zero-order chi connectivity index (χ0) is 16.7. The fourth-order valence-corrected chi connectivity index (χ4v) is 4.13. The summed E-state index contributed by atoms with van der Waals surface area (Å²) in [4.78, 5) is 11.4. The summed E-state index contributed by atoms with van der Waals surface area (Å²) in [6.45, 7) is 0.191. The Labute approximate surface area is 133 Å². The molecule has 2 saturated carbocycles. The third kappa shape index (κ3) is 2.84. The van der Waals surface area contributed by atoms with Gasteiger partial charge in [0.05, 0.1) is 13.0 Å². The smallest absolute Gasteiger partial charge is 0.406 e. The topological polar surface area (TPSA) is 38.3 Å². The van der Waals surface area contributed by atoms with Crippen LogP contribution in [-0.4, -0.2) is 24.8 Å². The Kier molecular flexibility index (Phi) is 3.91. The van der Waals surface area contributed by atoms with Crippen LogP contribution in [0.25, 0.3) is 0 Å². The maximum atomic E-state index is 13.5. The predicted molar refractivity (Wildman–Crippen MR) is 78.5 cm³/mol. The maximum Gasteiger partial charge on any atom is 0.406 e. The van der Waals surface area contributed by atoms with E-state index in [-0.39, 0.29) is 36.7 Å². The number of ether oxygens (including phenoxy) is 1. The average Bonchev–Trinajstić information content (AvgIpc) is 2.43. The monoisotopic (exact) mass is 327 g/mol. The Morgan fingerprint density at radius 2 is 1.87 bits per heavy atom. The summed E-state index contributed by atoms with van der Waals surface area (Å²) >= 11 is 0. The van der Waals surface area contributed by atoms with Crippen molar-refractivity contribution in [1.29, 1.82) is 0 Å². The van der Waals surface area contributed by atoms with Crippen LogP contribution in [0.5, 0.6) is 0 Å². The number of hydrogen-bond acceptors (Lipinski definition) is 3. The highest BCUT2D eigenvalue weighted by Crippen LogP contribution is 2.66. The molecule has 0 heterocycles. The number of alkyl halides is 3. The minimum Gasteiger partial charge on any atom is -0.469 e. The molecular formula is C17H20F3NO2. The number of nitrogens with one attached hydrogen (secondary N) is 1. The predicted octanol–water partition coefficient (Wildman–Crippen LogP) is 3.44. The first-order chi connectivity index (χ1) is 10.8. The molecule has 0 saturated heterocycles. The lowest BCUT2D eigenvalue weighted by molar-refractivity contribution is -0.266. The normalized spacial score (nSPS) is 33.0. The van der Waals surface area contributed by atoms with Gasteiger partial charge in [-0.25, -0.2) is 0 Å². The van der Waals surface area contributed by atoms with E-state index in [0.717, 1.165) is 5.56 Å². The van der Waals surface area contributed by atoms with Crippen LogP contribution in [-0.2, 0) is 16.1 Å². The molecule has 0 bridgehead atoms. The highest BCUT2D eigenvalue weighted by molar-refractivity contribution is 5.73. The van der Waals surface area contributed by atoms with Crippen LogP contribution < -0.4 is 5.32 Å². The summed E-state index contributed by atoms with van der Waals surface area (Å²) in [6, 6.07) is 9.08. The zero-order valence-electron chi connectivity index (χ0n) is 13.0.